The van der Waals surface area contributed by atoms with Gasteiger partial charge in [-0.05, 0) is 58.3 Å². The maximum absolute atomic E-state index is 5.26. The maximum Gasteiger partial charge on any atom is 0.124 e. The molecular weight excluding hydrogens is 529 g/mol. The first kappa shape index (κ1) is 24.5. The maximum atomic E-state index is 5.26. The van der Waals surface area contributed by atoms with Crippen LogP contribution in [0.1, 0.15) is 0 Å². The Morgan fingerprint density at radius 3 is 1.62 bits per heavy atom. The van der Waals surface area contributed by atoms with Crippen LogP contribution in [0.25, 0.3) is 53.5 Å². The van der Waals surface area contributed by atoms with E-state index in [1.165, 1.54) is 37.4 Å². The summed E-state index contributed by atoms with van der Waals surface area (Å²) < 4.78 is 1.24. The van der Waals surface area contributed by atoms with Crippen LogP contribution in [0.2, 0.25) is 0 Å². The normalized spacial score (nSPS) is 11.3. The largest absolute Gasteiger partial charge is 0.310 e. The summed E-state index contributed by atoms with van der Waals surface area (Å²) in [5, 5.41) is 6.01. The minimum absolute atomic E-state index is 1.03. The summed E-state index contributed by atoms with van der Waals surface area (Å²) >= 11 is 1.78. The molecule has 0 bridgehead atoms. The van der Waals surface area contributed by atoms with E-state index in [0.717, 1.165) is 33.1 Å². The molecule has 0 aliphatic carbocycles. The Kier molecular flexibility index (Phi) is 6.02. The van der Waals surface area contributed by atoms with Crippen LogP contribution in [-0.4, -0.2) is 4.98 Å². The molecule has 198 valence electrons. The highest BCUT2D eigenvalue weighted by Gasteiger charge is 2.17. The molecule has 7 aromatic carbocycles. The minimum atomic E-state index is 1.03. The molecular formula is C39H26N2S. The van der Waals surface area contributed by atoms with Crippen LogP contribution < -0.4 is 4.90 Å². The second-order valence-electron chi connectivity index (χ2n) is 10.4. The monoisotopic (exact) mass is 554 g/mol. The Labute approximate surface area is 248 Å². The molecule has 1 aromatic heterocycles. The molecule has 0 N–H and O–H groups in total. The first-order valence-corrected chi connectivity index (χ1v) is 15.0. The molecule has 0 aliphatic heterocycles. The lowest BCUT2D eigenvalue weighted by Gasteiger charge is -2.26. The van der Waals surface area contributed by atoms with Gasteiger partial charge in [-0.2, -0.15) is 0 Å². The van der Waals surface area contributed by atoms with Crippen molar-refractivity contribution in [3.63, 3.8) is 0 Å². The van der Waals surface area contributed by atoms with Crippen LogP contribution in [0.15, 0.2) is 158 Å². The Bertz CT molecular complexity index is 2130. The predicted octanol–water partition coefficient (Wildman–Crippen LogP) is 11.4. The molecule has 8 rings (SSSR count). The molecule has 0 saturated heterocycles. The van der Waals surface area contributed by atoms with Crippen molar-refractivity contribution in [3.05, 3.63) is 158 Å². The van der Waals surface area contributed by atoms with E-state index in [2.05, 4.69) is 163 Å². The molecule has 8 aromatic rings. The molecule has 0 amide bonds. The van der Waals surface area contributed by atoms with Crippen molar-refractivity contribution in [2.24, 2.45) is 0 Å². The summed E-state index contributed by atoms with van der Waals surface area (Å²) in [6.45, 7) is 0. The number of hydrogen-bond acceptors (Lipinski definition) is 3. The molecule has 0 saturated carbocycles. The third-order valence-corrected chi connectivity index (χ3v) is 8.99. The zero-order valence-corrected chi connectivity index (χ0v) is 23.6. The topological polar surface area (TPSA) is 16.1 Å². The highest BCUT2D eigenvalue weighted by Crippen LogP contribution is 2.42. The number of benzene rings is 7. The zero-order chi connectivity index (χ0) is 27.9. The van der Waals surface area contributed by atoms with Gasteiger partial charge in [-0.25, -0.2) is 4.98 Å². The fourth-order valence-electron chi connectivity index (χ4n) is 5.91. The van der Waals surface area contributed by atoms with Gasteiger partial charge < -0.3 is 4.90 Å². The van der Waals surface area contributed by atoms with E-state index in [-0.39, 0.29) is 0 Å². The van der Waals surface area contributed by atoms with E-state index in [9.17, 15) is 0 Å². The quantitative estimate of drug-likeness (QED) is 0.197. The molecule has 0 aliphatic rings. The number of aromatic nitrogens is 1. The average Bonchev–Trinajstić information content (AvgIpc) is 3.53. The van der Waals surface area contributed by atoms with E-state index >= 15 is 0 Å². The van der Waals surface area contributed by atoms with E-state index in [1.807, 2.05) is 0 Å². The summed E-state index contributed by atoms with van der Waals surface area (Å²) in [5.74, 6) is 0. The zero-order valence-electron chi connectivity index (χ0n) is 22.8. The highest BCUT2D eigenvalue weighted by molar-refractivity contribution is 7.22. The molecule has 0 radical (unpaired) electrons. The smallest absolute Gasteiger partial charge is 0.124 e. The number of nitrogens with zero attached hydrogens (tertiary/aromatic N) is 2. The van der Waals surface area contributed by atoms with Gasteiger partial charge in [0.05, 0.1) is 10.2 Å². The lowest BCUT2D eigenvalue weighted by Crippen LogP contribution is -2.10. The molecule has 2 nitrogen and oxygen atoms in total. The third kappa shape index (κ3) is 4.23. The average molecular weight is 555 g/mol. The van der Waals surface area contributed by atoms with Gasteiger partial charge in [0.2, 0.25) is 0 Å². The number of rotatable bonds is 5. The SMILES string of the molecule is c1ccc(-c2cccc(N(c3ccccc3)c3cccc(-c4nc5c6ccccc6c6ccccc6c5s4)c3)c2)cc1. The van der Waals surface area contributed by atoms with Gasteiger partial charge in [-0.15, -0.1) is 11.3 Å². The van der Waals surface area contributed by atoms with E-state index in [4.69, 9.17) is 4.98 Å². The van der Waals surface area contributed by atoms with Crippen LogP contribution >= 0.6 is 11.3 Å². The van der Waals surface area contributed by atoms with Crippen molar-refractivity contribution in [3.8, 4) is 21.7 Å². The summed E-state index contributed by atoms with van der Waals surface area (Å²) in [6, 6.07) is 56.0. The third-order valence-electron chi connectivity index (χ3n) is 7.85. The molecule has 1 heterocycles. The Balaban J connectivity index is 1.29. The van der Waals surface area contributed by atoms with Crippen molar-refractivity contribution in [2.75, 3.05) is 4.90 Å². The summed E-state index contributed by atoms with van der Waals surface area (Å²) in [6.07, 6.45) is 0. The lowest BCUT2D eigenvalue weighted by molar-refractivity contribution is 1.28. The predicted molar refractivity (Wildman–Crippen MR) is 180 cm³/mol. The molecule has 42 heavy (non-hydrogen) atoms. The van der Waals surface area contributed by atoms with Crippen molar-refractivity contribution >= 4 is 60.2 Å². The molecule has 0 atom stereocenters. The number of fused-ring (bicyclic) bond motifs is 6. The van der Waals surface area contributed by atoms with Crippen molar-refractivity contribution in [1.82, 2.24) is 4.98 Å². The van der Waals surface area contributed by atoms with Crippen molar-refractivity contribution in [2.45, 2.75) is 0 Å². The van der Waals surface area contributed by atoms with Gasteiger partial charge in [0, 0.05) is 33.4 Å². The first-order chi connectivity index (χ1) is 20.8. The molecule has 0 fully saturated rings. The molecule has 0 spiro atoms. The standard InChI is InChI=1S/C39H26N2S/c1-3-13-27(14-4-1)28-15-11-19-31(25-28)41(30-17-5-2-6-18-30)32-20-12-16-29(26-32)39-40-37-35-23-9-7-21-33(35)34-22-8-10-24-36(34)38(37)42-39/h1-26H. The van der Waals surface area contributed by atoms with E-state index in [1.54, 1.807) is 11.3 Å². The van der Waals surface area contributed by atoms with Gasteiger partial charge in [0.15, 0.2) is 0 Å². The Morgan fingerprint density at radius 1 is 0.405 bits per heavy atom. The lowest BCUT2D eigenvalue weighted by atomic mass is 10.0. The van der Waals surface area contributed by atoms with Crippen LogP contribution in [0, 0.1) is 0 Å². The summed E-state index contributed by atoms with van der Waals surface area (Å²) in [4.78, 5) is 7.59. The van der Waals surface area contributed by atoms with Crippen LogP contribution in [0.5, 0.6) is 0 Å². The second kappa shape index (κ2) is 10.3. The fraction of sp³-hybridized carbons (Fsp3) is 0. The van der Waals surface area contributed by atoms with Crippen molar-refractivity contribution < 1.29 is 0 Å². The molecule has 3 heteroatoms. The van der Waals surface area contributed by atoms with E-state index in [0.29, 0.717) is 0 Å². The number of anilines is 3. The van der Waals surface area contributed by atoms with Gasteiger partial charge in [-0.1, -0.05) is 121 Å². The fourth-order valence-corrected chi connectivity index (χ4v) is 7.02. The van der Waals surface area contributed by atoms with Gasteiger partial charge in [0.25, 0.3) is 0 Å². The number of thiazole rings is 1. The van der Waals surface area contributed by atoms with Gasteiger partial charge in [-0.3, -0.25) is 0 Å². The van der Waals surface area contributed by atoms with Crippen LogP contribution in [0.3, 0.4) is 0 Å². The van der Waals surface area contributed by atoms with Crippen LogP contribution in [0.4, 0.5) is 17.1 Å². The highest BCUT2D eigenvalue weighted by atomic mass is 32.1. The Morgan fingerprint density at radius 2 is 0.905 bits per heavy atom. The Hall–Kier alpha value is -5.25. The van der Waals surface area contributed by atoms with Gasteiger partial charge >= 0.3 is 0 Å². The number of para-hydroxylation sites is 1. The minimum Gasteiger partial charge on any atom is -0.310 e. The second-order valence-corrected chi connectivity index (χ2v) is 11.4. The summed E-state index contributed by atoms with van der Waals surface area (Å²) in [7, 11) is 0. The number of hydrogen-bond donors (Lipinski definition) is 0. The summed E-state index contributed by atoms with van der Waals surface area (Å²) in [5.41, 5.74) is 7.90. The van der Waals surface area contributed by atoms with Gasteiger partial charge in [0.1, 0.15) is 5.01 Å². The van der Waals surface area contributed by atoms with Crippen molar-refractivity contribution in [1.29, 1.82) is 0 Å². The van der Waals surface area contributed by atoms with Crippen LogP contribution in [-0.2, 0) is 0 Å². The van der Waals surface area contributed by atoms with E-state index < -0.39 is 0 Å². The first-order valence-electron chi connectivity index (χ1n) is 14.1. The molecule has 0 unspecified atom stereocenters.